The van der Waals surface area contributed by atoms with Gasteiger partial charge in [-0.15, -0.1) is 6.58 Å². The van der Waals surface area contributed by atoms with Crippen molar-refractivity contribution in [2.75, 3.05) is 13.2 Å². The van der Waals surface area contributed by atoms with Crippen LogP contribution < -0.4 is 11.1 Å². The highest BCUT2D eigenvalue weighted by molar-refractivity contribution is 5.80. The molecule has 1 heterocycles. The van der Waals surface area contributed by atoms with Gasteiger partial charge in [0.2, 0.25) is 5.91 Å². The summed E-state index contributed by atoms with van der Waals surface area (Å²) in [5.74, 6) is -0.202. The Hall–Kier alpha value is -0.870. The normalized spacial score (nSPS) is 28.4. The number of carbonyl (C=O) groups excluding carboxylic acids is 1. The molecule has 0 bridgehead atoms. The van der Waals surface area contributed by atoms with E-state index in [1.165, 1.54) is 0 Å². The number of nitrogens with one attached hydrogen (secondary N) is 1. The fraction of sp³-hybridized carbons (Fsp3) is 0.700. The van der Waals surface area contributed by atoms with Crippen LogP contribution in [-0.2, 0) is 9.53 Å². The Labute approximate surface area is 84.5 Å². The Kier molecular flexibility index (Phi) is 4.10. The Morgan fingerprint density at radius 2 is 2.50 bits per heavy atom. The molecule has 3 atom stereocenters. The van der Waals surface area contributed by atoms with Gasteiger partial charge in [-0.3, -0.25) is 4.79 Å². The number of hydrogen-bond donors (Lipinski definition) is 2. The van der Waals surface area contributed by atoms with Crippen molar-refractivity contribution in [2.45, 2.75) is 25.4 Å². The largest absolute Gasteiger partial charge is 0.379 e. The van der Waals surface area contributed by atoms with E-state index in [1.54, 1.807) is 6.08 Å². The smallest absolute Gasteiger partial charge is 0.227 e. The second kappa shape index (κ2) is 5.12. The molecule has 4 heteroatoms. The van der Waals surface area contributed by atoms with E-state index in [2.05, 4.69) is 11.9 Å². The molecule has 0 radical (unpaired) electrons. The number of nitrogens with two attached hydrogens (primary N) is 1. The zero-order chi connectivity index (χ0) is 10.6. The van der Waals surface area contributed by atoms with Crippen LogP contribution in [0.2, 0.25) is 0 Å². The van der Waals surface area contributed by atoms with Crippen LogP contribution in [0, 0.1) is 5.92 Å². The first-order chi connectivity index (χ1) is 6.65. The lowest BCUT2D eigenvalue weighted by atomic mass is 10.0. The fourth-order valence-electron chi connectivity index (χ4n) is 1.50. The molecule has 1 fully saturated rings. The van der Waals surface area contributed by atoms with E-state index in [-0.39, 0.29) is 23.9 Å². The van der Waals surface area contributed by atoms with Gasteiger partial charge in [-0.1, -0.05) is 6.08 Å². The van der Waals surface area contributed by atoms with Crippen molar-refractivity contribution in [1.29, 1.82) is 0 Å². The molecule has 0 aromatic rings. The average Bonchev–Trinajstić information content (AvgIpc) is 2.51. The molecule has 1 rings (SSSR count). The molecular weight excluding hydrogens is 180 g/mol. The molecule has 3 unspecified atom stereocenters. The van der Waals surface area contributed by atoms with E-state index in [0.29, 0.717) is 13.2 Å². The lowest BCUT2D eigenvalue weighted by Crippen LogP contribution is -2.44. The molecule has 1 amide bonds. The molecule has 0 aliphatic carbocycles. The van der Waals surface area contributed by atoms with Crippen molar-refractivity contribution in [1.82, 2.24) is 5.32 Å². The zero-order valence-electron chi connectivity index (χ0n) is 8.53. The lowest BCUT2D eigenvalue weighted by molar-refractivity contribution is -0.125. The van der Waals surface area contributed by atoms with Crippen molar-refractivity contribution in [3.8, 4) is 0 Å². The van der Waals surface area contributed by atoms with Gasteiger partial charge in [0.25, 0.3) is 0 Å². The van der Waals surface area contributed by atoms with Crippen molar-refractivity contribution >= 4 is 5.91 Å². The van der Waals surface area contributed by atoms with Gasteiger partial charge < -0.3 is 15.8 Å². The SMILES string of the molecule is C=CCC(C)NC(=O)C1COCC1N. The summed E-state index contributed by atoms with van der Waals surface area (Å²) >= 11 is 0. The summed E-state index contributed by atoms with van der Waals surface area (Å²) in [5, 5.41) is 2.88. The average molecular weight is 198 g/mol. The topological polar surface area (TPSA) is 64.3 Å². The maximum absolute atomic E-state index is 11.6. The fourth-order valence-corrected chi connectivity index (χ4v) is 1.50. The maximum Gasteiger partial charge on any atom is 0.227 e. The predicted molar refractivity (Wildman–Crippen MR) is 54.7 cm³/mol. The second-order valence-electron chi connectivity index (χ2n) is 3.74. The van der Waals surface area contributed by atoms with Gasteiger partial charge in [-0.05, 0) is 13.3 Å². The Morgan fingerprint density at radius 1 is 1.79 bits per heavy atom. The van der Waals surface area contributed by atoms with Gasteiger partial charge in [0.1, 0.15) is 0 Å². The van der Waals surface area contributed by atoms with E-state index >= 15 is 0 Å². The Bertz CT molecular complexity index is 218. The highest BCUT2D eigenvalue weighted by Gasteiger charge is 2.31. The minimum atomic E-state index is -0.192. The molecule has 80 valence electrons. The molecule has 0 saturated carbocycles. The number of hydrogen-bond acceptors (Lipinski definition) is 3. The monoisotopic (exact) mass is 198 g/mol. The predicted octanol–water partition coefficient (Wildman–Crippen LogP) is 0.0409. The van der Waals surface area contributed by atoms with Gasteiger partial charge in [-0.2, -0.15) is 0 Å². The minimum absolute atomic E-state index is 0.00986. The molecular formula is C10H18N2O2. The van der Waals surface area contributed by atoms with Gasteiger partial charge >= 0.3 is 0 Å². The number of carbonyl (C=O) groups is 1. The molecule has 3 N–H and O–H groups in total. The molecule has 0 aromatic heterocycles. The van der Waals surface area contributed by atoms with Gasteiger partial charge in [0, 0.05) is 12.1 Å². The summed E-state index contributed by atoms with van der Waals surface area (Å²) < 4.78 is 5.13. The first-order valence-electron chi connectivity index (χ1n) is 4.89. The second-order valence-corrected chi connectivity index (χ2v) is 3.74. The van der Waals surface area contributed by atoms with Crippen LogP contribution in [0.4, 0.5) is 0 Å². The first kappa shape index (κ1) is 11.2. The Balaban J connectivity index is 2.37. The van der Waals surface area contributed by atoms with Crippen molar-refractivity contribution in [2.24, 2.45) is 11.7 Å². The van der Waals surface area contributed by atoms with Crippen LogP contribution in [0.15, 0.2) is 12.7 Å². The van der Waals surface area contributed by atoms with Crippen LogP contribution >= 0.6 is 0 Å². The molecule has 4 nitrogen and oxygen atoms in total. The van der Waals surface area contributed by atoms with Gasteiger partial charge in [-0.25, -0.2) is 0 Å². The minimum Gasteiger partial charge on any atom is -0.379 e. The number of ether oxygens (including phenoxy) is 1. The Morgan fingerprint density at radius 3 is 3.00 bits per heavy atom. The van der Waals surface area contributed by atoms with Crippen LogP contribution in [-0.4, -0.2) is 31.2 Å². The van der Waals surface area contributed by atoms with Crippen molar-refractivity contribution in [3.05, 3.63) is 12.7 Å². The number of rotatable bonds is 4. The van der Waals surface area contributed by atoms with Gasteiger partial charge in [0.15, 0.2) is 0 Å². The summed E-state index contributed by atoms with van der Waals surface area (Å²) in [6, 6.07) is -0.0428. The molecule has 14 heavy (non-hydrogen) atoms. The third-order valence-electron chi connectivity index (χ3n) is 2.37. The number of amides is 1. The summed E-state index contributed by atoms with van der Waals surface area (Å²) in [4.78, 5) is 11.6. The highest BCUT2D eigenvalue weighted by Crippen LogP contribution is 2.11. The zero-order valence-corrected chi connectivity index (χ0v) is 8.53. The van der Waals surface area contributed by atoms with Crippen LogP contribution in [0.3, 0.4) is 0 Å². The summed E-state index contributed by atoms with van der Waals surface area (Å²) in [6.45, 7) is 6.48. The van der Waals surface area contributed by atoms with E-state index < -0.39 is 0 Å². The van der Waals surface area contributed by atoms with Crippen LogP contribution in [0.5, 0.6) is 0 Å². The third kappa shape index (κ3) is 2.82. The highest BCUT2D eigenvalue weighted by atomic mass is 16.5. The third-order valence-corrected chi connectivity index (χ3v) is 2.37. The van der Waals surface area contributed by atoms with Crippen LogP contribution in [0.25, 0.3) is 0 Å². The lowest BCUT2D eigenvalue weighted by Gasteiger charge is -2.17. The van der Waals surface area contributed by atoms with E-state index in [0.717, 1.165) is 6.42 Å². The summed E-state index contributed by atoms with van der Waals surface area (Å²) in [5.41, 5.74) is 5.72. The quantitative estimate of drug-likeness (QED) is 0.627. The molecule has 1 saturated heterocycles. The first-order valence-corrected chi connectivity index (χ1v) is 4.89. The van der Waals surface area contributed by atoms with Gasteiger partial charge in [0.05, 0.1) is 19.1 Å². The van der Waals surface area contributed by atoms with E-state index in [4.69, 9.17) is 10.5 Å². The van der Waals surface area contributed by atoms with E-state index in [9.17, 15) is 4.79 Å². The molecule has 1 aliphatic heterocycles. The van der Waals surface area contributed by atoms with Crippen molar-refractivity contribution < 1.29 is 9.53 Å². The molecule has 0 aromatic carbocycles. The molecule has 0 spiro atoms. The summed E-state index contributed by atoms with van der Waals surface area (Å²) in [7, 11) is 0. The molecule has 1 aliphatic rings. The van der Waals surface area contributed by atoms with Crippen molar-refractivity contribution in [3.63, 3.8) is 0 Å². The summed E-state index contributed by atoms with van der Waals surface area (Å²) in [6.07, 6.45) is 2.56. The maximum atomic E-state index is 11.6. The standard InChI is InChI=1S/C10H18N2O2/c1-3-4-7(2)12-10(13)8-5-14-6-9(8)11/h3,7-9H,1,4-6,11H2,2H3,(H,12,13). The van der Waals surface area contributed by atoms with E-state index in [1.807, 2.05) is 6.92 Å². The van der Waals surface area contributed by atoms with Crippen LogP contribution in [0.1, 0.15) is 13.3 Å².